The van der Waals surface area contributed by atoms with E-state index < -0.39 is 0 Å². The fraction of sp³-hybridized carbons (Fsp3) is 0.650. The molecule has 154 valence electrons. The summed E-state index contributed by atoms with van der Waals surface area (Å²) in [5.41, 5.74) is 2.39. The number of aliphatic imine (C=N–C) groups is 1. The monoisotopic (exact) mass is 420 g/mol. The van der Waals surface area contributed by atoms with E-state index in [1.807, 2.05) is 7.05 Å². The first-order chi connectivity index (χ1) is 13.5. The lowest BCUT2D eigenvalue weighted by Gasteiger charge is -2.31. The van der Waals surface area contributed by atoms with Gasteiger partial charge < -0.3 is 10.6 Å². The maximum absolute atomic E-state index is 4.67. The van der Waals surface area contributed by atoms with E-state index >= 15 is 0 Å². The second-order valence-corrected chi connectivity index (χ2v) is 9.71. The quantitative estimate of drug-likeness (QED) is 0.529. The van der Waals surface area contributed by atoms with Crippen molar-refractivity contribution in [2.24, 2.45) is 10.9 Å². The summed E-state index contributed by atoms with van der Waals surface area (Å²) in [5, 5.41) is 13.5. The van der Waals surface area contributed by atoms with Crippen molar-refractivity contribution in [3.63, 3.8) is 0 Å². The Morgan fingerprint density at radius 2 is 2.00 bits per heavy atom. The van der Waals surface area contributed by atoms with Gasteiger partial charge in [0.15, 0.2) is 5.96 Å². The predicted molar refractivity (Wildman–Crippen MR) is 119 cm³/mol. The number of piperidine rings is 1. The lowest BCUT2D eigenvalue weighted by Crippen LogP contribution is -2.42. The fourth-order valence-electron chi connectivity index (χ4n) is 3.35. The van der Waals surface area contributed by atoms with Crippen LogP contribution in [0, 0.1) is 12.8 Å². The highest BCUT2D eigenvalue weighted by atomic mass is 32.1. The Morgan fingerprint density at radius 1 is 1.21 bits per heavy atom. The van der Waals surface area contributed by atoms with Crippen molar-refractivity contribution in [1.82, 2.24) is 25.5 Å². The average Bonchev–Trinajstić information content (AvgIpc) is 3.32. The van der Waals surface area contributed by atoms with E-state index in [4.69, 9.17) is 0 Å². The Morgan fingerprint density at radius 3 is 2.61 bits per heavy atom. The summed E-state index contributed by atoms with van der Waals surface area (Å²) in [6.07, 6.45) is 2.44. The molecular formula is C20H32N6S2. The van der Waals surface area contributed by atoms with Gasteiger partial charge in [-0.2, -0.15) is 0 Å². The zero-order valence-corrected chi connectivity index (χ0v) is 19.0. The maximum atomic E-state index is 4.67. The molecule has 0 saturated carbocycles. The van der Waals surface area contributed by atoms with E-state index in [-0.39, 0.29) is 0 Å². The van der Waals surface area contributed by atoms with Gasteiger partial charge in [-0.15, -0.1) is 22.7 Å². The minimum atomic E-state index is 0.479. The van der Waals surface area contributed by atoms with Crippen LogP contribution in [0.1, 0.15) is 54.0 Å². The highest BCUT2D eigenvalue weighted by molar-refractivity contribution is 7.09. The van der Waals surface area contributed by atoms with Crippen LogP contribution in [0.4, 0.5) is 0 Å². The summed E-state index contributed by atoms with van der Waals surface area (Å²) in [5.74, 6) is 2.04. The van der Waals surface area contributed by atoms with E-state index in [1.165, 1.54) is 24.2 Å². The largest absolute Gasteiger partial charge is 0.356 e. The van der Waals surface area contributed by atoms with Gasteiger partial charge in [0, 0.05) is 30.9 Å². The van der Waals surface area contributed by atoms with Gasteiger partial charge in [-0.05, 0) is 44.7 Å². The normalized spacial score (nSPS) is 16.7. The molecule has 28 heavy (non-hydrogen) atoms. The minimum absolute atomic E-state index is 0.479. The fourth-order valence-corrected chi connectivity index (χ4v) is 4.85. The topological polar surface area (TPSA) is 65.4 Å². The zero-order chi connectivity index (χ0) is 19.9. The summed E-state index contributed by atoms with van der Waals surface area (Å²) >= 11 is 3.45. The molecule has 0 atom stereocenters. The maximum Gasteiger partial charge on any atom is 0.191 e. The summed E-state index contributed by atoms with van der Waals surface area (Å²) in [4.78, 5) is 16.1. The lowest BCUT2D eigenvalue weighted by atomic mass is 9.97. The molecule has 1 aliphatic rings. The van der Waals surface area contributed by atoms with Crippen molar-refractivity contribution >= 4 is 28.6 Å². The molecule has 6 nitrogen and oxygen atoms in total. The molecule has 3 heterocycles. The van der Waals surface area contributed by atoms with Crippen LogP contribution in [-0.4, -0.2) is 47.5 Å². The van der Waals surface area contributed by atoms with Crippen molar-refractivity contribution in [3.05, 3.63) is 32.2 Å². The SMILES string of the molecule is CN=C(NCc1nc(C(C)C)cs1)NCC1CCN(Cc2csc(C)n2)CC1. The first-order valence-electron chi connectivity index (χ1n) is 10.1. The standard InChI is InChI=1S/C20H32N6S2/c1-14(2)18-13-28-19(25-18)10-23-20(21-4)22-9-16-5-7-26(8-6-16)11-17-12-27-15(3)24-17/h12-14,16H,5-11H2,1-4H3,(H2,21,22,23). The number of thiazole rings is 2. The van der Waals surface area contributed by atoms with E-state index in [9.17, 15) is 0 Å². The summed E-state index contributed by atoms with van der Waals surface area (Å²) < 4.78 is 0. The number of nitrogens with zero attached hydrogens (tertiary/aromatic N) is 4. The molecule has 2 aromatic heterocycles. The van der Waals surface area contributed by atoms with Crippen LogP contribution in [0.25, 0.3) is 0 Å². The Labute approximate surface area is 176 Å². The number of hydrogen-bond donors (Lipinski definition) is 2. The van der Waals surface area contributed by atoms with Gasteiger partial charge >= 0.3 is 0 Å². The molecule has 0 amide bonds. The number of hydrogen-bond acceptors (Lipinski definition) is 6. The van der Waals surface area contributed by atoms with Crippen LogP contribution in [-0.2, 0) is 13.1 Å². The Balaban J connectivity index is 1.36. The summed E-state index contributed by atoms with van der Waals surface area (Å²) in [7, 11) is 1.83. The van der Waals surface area contributed by atoms with E-state index in [0.717, 1.165) is 48.7 Å². The molecule has 1 aliphatic heterocycles. The molecule has 0 aliphatic carbocycles. The number of aryl methyl sites for hydroxylation is 1. The van der Waals surface area contributed by atoms with Crippen LogP contribution in [0.15, 0.2) is 15.8 Å². The third kappa shape index (κ3) is 6.25. The van der Waals surface area contributed by atoms with Crippen LogP contribution in [0.5, 0.6) is 0 Å². The zero-order valence-electron chi connectivity index (χ0n) is 17.4. The van der Waals surface area contributed by atoms with E-state index in [0.29, 0.717) is 11.8 Å². The minimum Gasteiger partial charge on any atom is -0.356 e. The number of likely N-dealkylation sites (tertiary alicyclic amines) is 1. The second kappa shape index (κ2) is 10.3. The molecule has 8 heteroatoms. The van der Waals surface area contributed by atoms with Crippen molar-refractivity contribution in [1.29, 1.82) is 0 Å². The molecule has 0 unspecified atom stereocenters. The lowest BCUT2D eigenvalue weighted by molar-refractivity contribution is 0.176. The summed E-state index contributed by atoms with van der Waals surface area (Å²) in [6, 6.07) is 0. The van der Waals surface area contributed by atoms with Gasteiger partial charge in [0.05, 0.1) is 22.9 Å². The van der Waals surface area contributed by atoms with Crippen LogP contribution in [0.2, 0.25) is 0 Å². The smallest absolute Gasteiger partial charge is 0.191 e. The Bertz CT molecular complexity index is 758. The highest BCUT2D eigenvalue weighted by Gasteiger charge is 2.20. The van der Waals surface area contributed by atoms with Crippen LogP contribution < -0.4 is 10.6 Å². The molecule has 3 rings (SSSR count). The summed E-state index contributed by atoms with van der Waals surface area (Å²) in [6.45, 7) is 11.4. The van der Waals surface area contributed by atoms with Gasteiger partial charge in [0.1, 0.15) is 5.01 Å². The van der Waals surface area contributed by atoms with Gasteiger partial charge in [-0.3, -0.25) is 9.89 Å². The molecule has 1 saturated heterocycles. The van der Waals surface area contributed by atoms with Crippen LogP contribution in [0.3, 0.4) is 0 Å². The van der Waals surface area contributed by atoms with Crippen molar-refractivity contribution in [3.8, 4) is 0 Å². The van der Waals surface area contributed by atoms with E-state index in [2.05, 4.69) is 62.0 Å². The van der Waals surface area contributed by atoms with Crippen molar-refractivity contribution < 1.29 is 0 Å². The number of rotatable bonds is 7. The Kier molecular flexibility index (Phi) is 7.82. The molecule has 0 aromatic carbocycles. The molecule has 1 fully saturated rings. The van der Waals surface area contributed by atoms with Gasteiger partial charge in [-0.1, -0.05) is 13.8 Å². The molecule has 2 aromatic rings. The molecule has 2 N–H and O–H groups in total. The first kappa shape index (κ1) is 21.2. The number of nitrogens with one attached hydrogen (secondary N) is 2. The first-order valence-corrected chi connectivity index (χ1v) is 11.8. The van der Waals surface area contributed by atoms with Crippen LogP contribution >= 0.6 is 22.7 Å². The predicted octanol–water partition coefficient (Wildman–Crippen LogP) is 3.61. The third-order valence-electron chi connectivity index (χ3n) is 5.11. The molecular weight excluding hydrogens is 388 g/mol. The van der Waals surface area contributed by atoms with Gasteiger partial charge in [0.2, 0.25) is 0 Å². The molecule has 0 radical (unpaired) electrons. The molecule has 0 spiro atoms. The number of aromatic nitrogens is 2. The second-order valence-electron chi connectivity index (χ2n) is 7.70. The number of guanidine groups is 1. The highest BCUT2D eigenvalue weighted by Crippen LogP contribution is 2.19. The third-order valence-corrected chi connectivity index (χ3v) is 6.80. The van der Waals surface area contributed by atoms with Crippen molar-refractivity contribution in [2.75, 3.05) is 26.7 Å². The van der Waals surface area contributed by atoms with Gasteiger partial charge in [0.25, 0.3) is 0 Å². The Hall–Kier alpha value is -1.51. The van der Waals surface area contributed by atoms with Crippen molar-refractivity contribution in [2.45, 2.75) is 52.6 Å². The average molecular weight is 421 g/mol. The molecule has 0 bridgehead atoms. The van der Waals surface area contributed by atoms with E-state index in [1.54, 1.807) is 22.7 Å². The van der Waals surface area contributed by atoms with Gasteiger partial charge in [-0.25, -0.2) is 9.97 Å².